The molecule has 0 aliphatic rings. The van der Waals surface area contributed by atoms with Gasteiger partial charge in [-0.25, -0.2) is 4.39 Å². The van der Waals surface area contributed by atoms with Crippen LogP contribution in [0, 0.1) is 17.1 Å². The molecule has 0 atom stereocenters. The Morgan fingerprint density at radius 2 is 1.95 bits per heavy atom. The third kappa shape index (κ3) is 3.12. The first-order valence-corrected chi connectivity index (χ1v) is 5.92. The van der Waals surface area contributed by atoms with Crippen LogP contribution in [0.5, 0.6) is 0 Å². The largest absolute Gasteiger partial charge is 0.381 e. The van der Waals surface area contributed by atoms with E-state index in [0.717, 1.165) is 5.56 Å². The highest BCUT2D eigenvalue weighted by atomic mass is 19.1. The van der Waals surface area contributed by atoms with Gasteiger partial charge in [-0.1, -0.05) is 12.1 Å². The van der Waals surface area contributed by atoms with Crippen molar-refractivity contribution in [2.75, 3.05) is 5.32 Å². The molecule has 0 spiro atoms. The summed E-state index contributed by atoms with van der Waals surface area (Å²) >= 11 is 0. The zero-order valence-corrected chi connectivity index (χ0v) is 10.6. The molecular weight excluding hydrogens is 257 g/mol. The van der Waals surface area contributed by atoms with Crippen molar-refractivity contribution in [3.63, 3.8) is 0 Å². The van der Waals surface area contributed by atoms with E-state index in [1.807, 2.05) is 0 Å². The molecule has 0 aliphatic carbocycles. The van der Waals surface area contributed by atoms with Crippen LogP contribution in [0.3, 0.4) is 0 Å². The van der Waals surface area contributed by atoms with Crippen molar-refractivity contribution in [2.24, 2.45) is 5.73 Å². The first kappa shape index (κ1) is 13.6. The molecule has 5 heteroatoms. The van der Waals surface area contributed by atoms with Crippen LogP contribution >= 0.6 is 0 Å². The minimum atomic E-state index is -0.538. The van der Waals surface area contributed by atoms with Gasteiger partial charge in [0.15, 0.2) is 0 Å². The van der Waals surface area contributed by atoms with Gasteiger partial charge < -0.3 is 11.1 Å². The van der Waals surface area contributed by atoms with Crippen LogP contribution in [0.15, 0.2) is 42.5 Å². The van der Waals surface area contributed by atoms with E-state index in [9.17, 15) is 9.18 Å². The minimum absolute atomic E-state index is 0.000855. The Morgan fingerprint density at radius 1 is 1.25 bits per heavy atom. The number of benzene rings is 2. The van der Waals surface area contributed by atoms with Crippen molar-refractivity contribution in [1.82, 2.24) is 0 Å². The highest BCUT2D eigenvalue weighted by Crippen LogP contribution is 2.15. The van der Waals surface area contributed by atoms with E-state index in [4.69, 9.17) is 11.0 Å². The maximum atomic E-state index is 13.2. The van der Waals surface area contributed by atoms with Crippen molar-refractivity contribution in [1.29, 1.82) is 5.26 Å². The quantitative estimate of drug-likeness (QED) is 0.894. The monoisotopic (exact) mass is 269 g/mol. The Labute approximate surface area is 115 Å². The van der Waals surface area contributed by atoms with Crippen LogP contribution in [-0.2, 0) is 6.54 Å². The fraction of sp³-hybridized carbons (Fsp3) is 0.0667. The predicted octanol–water partition coefficient (Wildman–Crippen LogP) is 2.41. The SMILES string of the molecule is N#Cc1cc(NCc2ccc(C(N)=O)cc2)ccc1F. The Bertz CT molecular complexity index is 675. The number of nitriles is 1. The lowest BCUT2D eigenvalue weighted by molar-refractivity contribution is 0.100. The van der Waals surface area contributed by atoms with Gasteiger partial charge in [-0.3, -0.25) is 4.79 Å². The molecule has 3 N–H and O–H groups in total. The lowest BCUT2D eigenvalue weighted by atomic mass is 10.1. The summed E-state index contributed by atoms with van der Waals surface area (Å²) in [6.07, 6.45) is 0. The molecule has 0 fully saturated rings. The summed E-state index contributed by atoms with van der Waals surface area (Å²) in [5.74, 6) is -1.01. The highest BCUT2D eigenvalue weighted by molar-refractivity contribution is 5.92. The standard InChI is InChI=1S/C15H12FN3O/c16-14-6-5-13(7-12(14)8-17)19-9-10-1-3-11(4-2-10)15(18)20/h1-7,19H,9H2,(H2,18,20). The zero-order chi connectivity index (χ0) is 14.5. The molecule has 4 nitrogen and oxygen atoms in total. The number of halogens is 1. The van der Waals surface area contributed by atoms with Crippen molar-refractivity contribution < 1.29 is 9.18 Å². The second-order valence-electron chi connectivity index (χ2n) is 4.22. The molecule has 0 aliphatic heterocycles. The third-order valence-electron chi connectivity index (χ3n) is 2.82. The summed E-state index contributed by atoms with van der Waals surface area (Å²) in [6, 6.07) is 12.9. The molecule has 0 radical (unpaired) electrons. The number of carbonyl (C=O) groups excluding carboxylic acids is 1. The Morgan fingerprint density at radius 3 is 2.55 bits per heavy atom. The average molecular weight is 269 g/mol. The first-order valence-electron chi connectivity index (χ1n) is 5.92. The van der Waals surface area contributed by atoms with Crippen LogP contribution in [0.4, 0.5) is 10.1 Å². The van der Waals surface area contributed by atoms with Gasteiger partial charge in [0.2, 0.25) is 5.91 Å². The van der Waals surface area contributed by atoms with Gasteiger partial charge in [0.25, 0.3) is 0 Å². The van der Waals surface area contributed by atoms with Crippen molar-refractivity contribution in [2.45, 2.75) is 6.54 Å². The molecule has 0 saturated heterocycles. The molecule has 0 aromatic heterocycles. The molecule has 1 amide bonds. The minimum Gasteiger partial charge on any atom is -0.381 e. The van der Waals surface area contributed by atoms with E-state index in [-0.39, 0.29) is 5.56 Å². The van der Waals surface area contributed by atoms with E-state index in [0.29, 0.717) is 17.8 Å². The number of primary amides is 1. The number of rotatable bonds is 4. The number of nitrogens with zero attached hydrogens (tertiary/aromatic N) is 1. The molecule has 2 rings (SSSR count). The molecule has 0 bridgehead atoms. The number of anilines is 1. The lowest BCUT2D eigenvalue weighted by Crippen LogP contribution is -2.10. The summed E-state index contributed by atoms with van der Waals surface area (Å²) in [4.78, 5) is 10.9. The highest BCUT2D eigenvalue weighted by Gasteiger charge is 2.03. The predicted molar refractivity (Wildman–Crippen MR) is 73.4 cm³/mol. The summed E-state index contributed by atoms with van der Waals surface area (Å²) in [7, 11) is 0. The van der Waals surface area contributed by atoms with Crippen LogP contribution in [0.1, 0.15) is 21.5 Å². The summed E-state index contributed by atoms with van der Waals surface area (Å²) in [6.45, 7) is 0.496. The Kier molecular flexibility index (Phi) is 3.96. The second-order valence-corrected chi connectivity index (χ2v) is 4.22. The third-order valence-corrected chi connectivity index (χ3v) is 2.82. The van der Waals surface area contributed by atoms with Gasteiger partial charge in [0.1, 0.15) is 11.9 Å². The smallest absolute Gasteiger partial charge is 0.248 e. The molecule has 0 saturated carbocycles. The molecule has 2 aromatic carbocycles. The van der Waals surface area contributed by atoms with Gasteiger partial charge in [-0.2, -0.15) is 5.26 Å². The molecular formula is C15H12FN3O. The van der Waals surface area contributed by atoms with E-state index in [1.54, 1.807) is 36.4 Å². The number of hydrogen-bond acceptors (Lipinski definition) is 3. The van der Waals surface area contributed by atoms with E-state index in [2.05, 4.69) is 5.32 Å². The summed E-state index contributed by atoms with van der Waals surface area (Å²) in [5.41, 5.74) is 7.20. The number of nitrogens with two attached hydrogens (primary N) is 1. The van der Waals surface area contributed by atoms with Gasteiger partial charge in [0, 0.05) is 17.8 Å². The molecule has 20 heavy (non-hydrogen) atoms. The number of hydrogen-bond donors (Lipinski definition) is 2. The first-order chi connectivity index (χ1) is 9.60. The average Bonchev–Trinajstić information content (AvgIpc) is 2.46. The second kappa shape index (κ2) is 5.85. The summed E-state index contributed by atoms with van der Waals surface area (Å²) < 4.78 is 13.2. The van der Waals surface area contributed by atoms with E-state index >= 15 is 0 Å². The van der Waals surface area contributed by atoms with Crippen molar-refractivity contribution in [3.05, 3.63) is 65.0 Å². The molecule has 2 aromatic rings. The van der Waals surface area contributed by atoms with Crippen LogP contribution in [0.2, 0.25) is 0 Å². The van der Waals surface area contributed by atoms with Gasteiger partial charge in [-0.15, -0.1) is 0 Å². The van der Waals surface area contributed by atoms with Crippen LogP contribution < -0.4 is 11.1 Å². The maximum absolute atomic E-state index is 13.2. The molecule has 100 valence electrons. The number of amides is 1. The molecule has 0 unspecified atom stereocenters. The van der Waals surface area contributed by atoms with Gasteiger partial charge in [-0.05, 0) is 35.9 Å². The van der Waals surface area contributed by atoms with Crippen molar-refractivity contribution >= 4 is 11.6 Å². The van der Waals surface area contributed by atoms with E-state index < -0.39 is 11.7 Å². The Balaban J connectivity index is 2.05. The zero-order valence-electron chi connectivity index (χ0n) is 10.6. The normalized spacial score (nSPS) is 9.80. The van der Waals surface area contributed by atoms with Crippen LogP contribution in [0.25, 0.3) is 0 Å². The topological polar surface area (TPSA) is 78.9 Å². The molecule has 0 heterocycles. The van der Waals surface area contributed by atoms with Crippen molar-refractivity contribution in [3.8, 4) is 6.07 Å². The van der Waals surface area contributed by atoms with E-state index in [1.165, 1.54) is 12.1 Å². The fourth-order valence-electron chi connectivity index (χ4n) is 1.71. The number of nitrogens with one attached hydrogen (secondary N) is 1. The van der Waals surface area contributed by atoms with Gasteiger partial charge >= 0.3 is 0 Å². The van der Waals surface area contributed by atoms with Gasteiger partial charge in [0.05, 0.1) is 5.56 Å². The lowest BCUT2D eigenvalue weighted by Gasteiger charge is -2.07. The summed E-state index contributed by atoms with van der Waals surface area (Å²) in [5, 5.41) is 11.8. The fourth-order valence-corrected chi connectivity index (χ4v) is 1.71. The number of carbonyl (C=O) groups is 1. The Hall–Kier alpha value is -2.87. The maximum Gasteiger partial charge on any atom is 0.248 e. The van der Waals surface area contributed by atoms with Crippen LogP contribution in [-0.4, -0.2) is 5.91 Å².